The fourth-order valence-corrected chi connectivity index (χ4v) is 4.80. The van der Waals surface area contributed by atoms with E-state index in [1.54, 1.807) is 0 Å². The largest absolute Gasteiger partial charge is 0.381 e. The molecule has 140 valence electrons. The average Bonchev–Trinajstić information content (AvgIpc) is 3.30. The predicted octanol–water partition coefficient (Wildman–Crippen LogP) is 3.09. The third kappa shape index (κ3) is 3.43. The molecule has 0 bridgehead atoms. The van der Waals surface area contributed by atoms with Crippen LogP contribution in [-0.4, -0.2) is 53.2 Å². The molecule has 1 aliphatic heterocycles. The minimum absolute atomic E-state index is 0.0156. The summed E-state index contributed by atoms with van der Waals surface area (Å²) >= 11 is 0. The summed E-state index contributed by atoms with van der Waals surface area (Å²) in [4.78, 5) is 2.60. The van der Waals surface area contributed by atoms with Crippen molar-refractivity contribution in [3.05, 3.63) is 53.9 Å². The van der Waals surface area contributed by atoms with E-state index in [4.69, 9.17) is 9.47 Å². The van der Waals surface area contributed by atoms with Gasteiger partial charge in [-0.25, -0.2) is 0 Å². The van der Waals surface area contributed by atoms with Crippen LogP contribution in [0.4, 0.5) is 0 Å². The van der Waals surface area contributed by atoms with Crippen molar-refractivity contribution in [2.75, 3.05) is 20.8 Å². The van der Waals surface area contributed by atoms with E-state index in [0.717, 1.165) is 45.3 Å². The molecule has 1 saturated heterocycles. The van der Waals surface area contributed by atoms with Crippen LogP contribution in [0.1, 0.15) is 36.8 Å². The van der Waals surface area contributed by atoms with E-state index in [2.05, 4.69) is 34.3 Å². The van der Waals surface area contributed by atoms with Crippen LogP contribution in [0.15, 0.2) is 42.7 Å². The highest BCUT2D eigenvalue weighted by Crippen LogP contribution is 2.43. The Hall–Kier alpha value is -1.69. The molecule has 2 aliphatic rings. The third-order valence-electron chi connectivity index (χ3n) is 6.27. The Labute approximate surface area is 155 Å². The molecule has 0 spiro atoms. The predicted molar refractivity (Wildman–Crippen MR) is 101 cm³/mol. The highest BCUT2D eigenvalue weighted by atomic mass is 16.5. The second-order valence-electron chi connectivity index (χ2n) is 7.66. The molecule has 3 atom stereocenters. The van der Waals surface area contributed by atoms with Crippen LogP contribution in [0.2, 0.25) is 0 Å². The third-order valence-corrected chi connectivity index (χ3v) is 6.27. The molecular weight excluding hydrogens is 326 g/mol. The summed E-state index contributed by atoms with van der Waals surface area (Å²) in [5.41, 5.74) is 2.67. The Kier molecular flexibility index (Phi) is 5.11. The van der Waals surface area contributed by atoms with Crippen LogP contribution in [0.3, 0.4) is 0 Å². The van der Waals surface area contributed by atoms with Gasteiger partial charge in [-0.05, 0) is 42.9 Å². The molecule has 1 aromatic carbocycles. The molecule has 2 fully saturated rings. The first kappa shape index (κ1) is 17.7. The van der Waals surface area contributed by atoms with Gasteiger partial charge in [-0.1, -0.05) is 24.3 Å². The van der Waals surface area contributed by atoms with Crippen LogP contribution in [0.5, 0.6) is 0 Å². The van der Waals surface area contributed by atoms with E-state index >= 15 is 0 Å². The van der Waals surface area contributed by atoms with Gasteiger partial charge < -0.3 is 9.47 Å². The topological polar surface area (TPSA) is 39.5 Å². The summed E-state index contributed by atoms with van der Waals surface area (Å²) < 4.78 is 13.7. The maximum absolute atomic E-state index is 6.05. The molecule has 2 aromatic rings. The maximum atomic E-state index is 6.05. The van der Waals surface area contributed by atoms with Gasteiger partial charge in [0.1, 0.15) is 0 Å². The quantitative estimate of drug-likeness (QED) is 0.798. The Balaban J connectivity index is 1.48. The number of benzene rings is 1. The smallest absolute Gasteiger partial charge is 0.0847 e. The summed E-state index contributed by atoms with van der Waals surface area (Å²) in [5.74, 6) is 0. The number of ether oxygens (including phenoxy) is 2. The van der Waals surface area contributed by atoms with Crippen molar-refractivity contribution in [2.24, 2.45) is 0 Å². The van der Waals surface area contributed by atoms with Gasteiger partial charge >= 0.3 is 0 Å². The van der Waals surface area contributed by atoms with E-state index in [1.165, 1.54) is 11.1 Å². The van der Waals surface area contributed by atoms with Gasteiger partial charge in [0.2, 0.25) is 0 Å². The molecule has 0 radical (unpaired) electrons. The molecule has 5 heteroatoms. The lowest BCUT2D eigenvalue weighted by Crippen LogP contribution is -2.51. The normalized spacial score (nSPS) is 29.0. The maximum Gasteiger partial charge on any atom is 0.0847 e. The molecule has 0 amide bonds. The number of nitrogens with zero attached hydrogens (tertiary/aromatic N) is 3. The summed E-state index contributed by atoms with van der Waals surface area (Å²) in [7, 11) is 3.72. The minimum Gasteiger partial charge on any atom is -0.381 e. The fourth-order valence-electron chi connectivity index (χ4n) is 4.80. The SMILES string of the molecule is CO[C@H]1CC[C@@]2(OC)CCN(Cc3cccc(Cn4cccn4)c3)[C@H]2C1. The van der Waals surface area contributed by atoms with Crippen molar-refractivity contribution in [1.29, 1.82) is 0 Å². The molecule has 2 heterocycles. The van der Waals surface area contributed by atoms with Crippen molar-refractivity contribution in [3.8, 4) is 0 Å². The molecule has 0 unspecified atom stereocenters. The zero-order valence-electron chi connectivity index (χ0n) is 15.8. The van der Waals surface area contributed by atoms with Gasteiger partial charge in [-0.2, -0.15) is 5.10 Å². The minimum atomic E-state index is 0.0156. The van der Waals surface area contributed by atoms with Gasteiger partial charge in [-0.3, -0.25) is 9.58 Å². The van der Waals surface area contributed by atoms with E-state index < -0.39 is 0 Å². The molecule has 1 saturated carbocycles. The summed E-state index contributed by atoms with van der Waals surface area (Å²) in [6.07, 6.45) is 8.58. The molecule has 4 rings (SSSR count). The second kappa shape index (κ2) is 7.51. The lowest BCUT2D eigenvalue weighted by atomic mass is 9.79. The Morgan fingerprint density at radius 1 is 1.15 bits per heavy atom. The van der Waals surface area contributed by atoms with Crippen LogP contribution < -0.4 is 0 Å². The van der Waals surface area contributed by atoms with Crippen LogP contribution in [0, 0.1) is 0 Å². The van der Waals surface area contributed by atoms with Crippen LogP contribution in [0.25, 0.3) is 0 Å². The van der Waals surface area contributed by atoms with Gasteiger partial charge in [0.05, 0.1) is 18.2 Å². The molecule has 1 aliphatic carbocycles. The summed E-state index contributed by atoms with van der Waals surface area (Å²) in [6.45, 7) is 2.88. The molecule has 0 N–H and O–H groups in total. The first-order valence-electron chi connectivity index (χ1n) is 9.60. The van der Waals surface area contributed by atoms with Gasteiger partial charge in [0.25, 0.3) is 0 Å². The number of likely N-dealkylation sites (tertiary alicyclic amines) is 1. The zero-order valence-corrected chi connectivity index (χ0v) is 15.8. The standard InChI is InChI=1S/C21H29N3O2/c1-25-19-7-8-21(26-2)9-12-23(20(21)14-19)15-17-5-3-6-18(13-17)16-24-11-4-10-22-24/h3-6,10-11,13,19-20H,7-9,12,14-16H2,1-2H3/t19-,20-,21+/m0/s1. The monoisotopic (exact) mass is 355 g/mol. The van der Waals surface area contributed by atoms with Crippen molar-refractivity contribution in [2.45, 2.75) is 56.5 Å². The van der Waals surface area contributed by atoms with Crippen LogP contribution >= 0.6 is 0 Å². The molecule has 5 nitrogen and oxygen atoms in total. The lowest BCUT2D eigenvalue weighted by Gasteiger charge is -2.43. The lowest BCUT2D eigenvalue weighted by molar-refractivity contribution is -0.0947. The first-order chi connectivity index (χ1) is 12.7. The number of hydrogen-bond acceptors (Lipinski definition) is 4. The molecule has 26 heavy (non-hydrogen) atoms. The van der Waals surface area contributed by atoms with E-state index in [0.29, 0.717) is 12.1 Å². The second-order valence-corrected chi connectivity index (χ2v) is 7.66. The first-order valence-corrected chi connectivity index (χ1v) is 9.60. The van der Waals surface area contributed by atoms with Crippen molar-refractivity contribution >= 4 is 0 Å². The summed E-state index contributed by atoms with van der Waals surface area (Å²) in [5, 5.41) is 4.31. The highest BCUT2D eigenvalue weighted by molar-refractivity contribution is 5.24. The van der Waals surface area contributed by atoms with Gasteiger partial charge in [0, 0.05) is 45.7 Å². The van der Waals surface area contributed by atoms with E-state index in [1.807, 2.05) is 37.4 Å². The van der Waals surface area contributed by atoms with E-state index in [9.17, 15) is 0 Å². The zero-order chi connectivity index (χ0) is 18.0. The number of rotatable bonds is 6. The van der Waals surface area contributed by atoms with Gasteiger partial charge in [0.15, 0.2) is 0 Å². The number of fused-ring (bicyclic) bond motifs is 1. The highest BCUT2D eigenvalue weighted by Gasteiger charge is 2.50. The van der Waals surface area contributed by atoms with E-state index in [-0.39, 0.29) is 5.60 Å². The molecule has 1 aromatic heterocycles. The number of aromatic nitrogens is 2. The van der Waals surface area contributed by atoms with Crippen LogP contribution in [-0.2, 0) is 22.6 Å². The van der Waals surface area contributed by atoms with Crippen molar-refractivity contribution in [1.82, 2.24) is 14.7 Å². The number of hydrogen-bond donors (Lipinski definition) is 0. The van der Waals surface area contributed by atoms with Gasteiger partial charge in [-0.15, -0.1) is 0 Å². The van der Waals surface area contributed by atoms with Crippen molar-refractivity contribution in [3.63, 3.8) is 0 Å². The Morgan fingerprint density at radius 2 is 2.00 bits per heavy atom. The van der Waals surface area contributed by atoms with Crippen molar-refractivity contribution < 1.29 is 9.47 Å². The Morgan fingerprint density at radius 3 is 2.73 bits per heavy atom. The Bertz CT molecular complexity index is 718. The average molecular weight is 355 g/mol. The fraction of sp³-hybridized carbons (Fsp3) is 0.571. The summed E-state index contributed by atoms with van der Waals surface area (Å²) in [6, 6.07) is 11.3. The number of methoxy groups -OCH3 is 2. The molecular formula is C21H29N3O2.